The van der Waals surface area contributed by atoms with Crippen LogP contribution in [0.2, 0.25) is 0 Å². The Kier molecular flexibility index (Phi) is 3.21. The zero-order chi connectivity index (χ0) is 8.10. The number of furan rings is 1. The van der Waals surface area contributed by atoms with Crippen molar-refractivity contribution in [3.63, 3.8) is 0 Å². The lowest BCUT2D eigenvalue weighted by Crippen LogP contribution is -1.90. The first-order chi connectivity index (χ1) is 5.34. The van der Waals surface area contributed by atoms with Crippen molar-refractivity contribution in [2.24, 2.45) is 0 Å². The quantitative estimate of drug-likeness (QED) is 0.643. The molecule has 0 bridgehead atoms. The molecule has 0 saturated carbocycles. The summed E-state index contributed by atoms with van der Waals surface area (Å²) in [5.41, 5.74) is 0. The van der Waals surface area contributed by atoms with Gasteiger partial charge in [0, 0.05) is 5.92 Å². The molecule has 1 nitrogen and oxygen atoms in total. The molecule has 0 amide bonds. The van der Waals surface area contributed by atoms with Crippen LogP contribution in [0, 0.1) is 6.26 Å². The molecule has 1 radical (unpaired) electrons. The van der Waals surface area contributed by atoms with Crippen molar-refractivity contribution in [3.05, 3.63) is 24.2 Å². The largest absolute Gasteiger partial charge is 0.458 e. The highest BCUT2D eigenvalue weighted by molar-refractivity contribution is 5.02. The molecule has 0 aliphatic rings. The highest BCUT2D eigenvalue weighted by Gasteiger charge is 2.06. The molecule has 1 atom stereocenters. The van der Waals surface area contributed by atoms with E-state index in [1.165, 1.54) is 19.3 Å². The summed E-state index contributed by atoms with van der Waals surface area (Å²) < 4.78 is 5.17. The normalized spacial score (nSPS) is 13.3. The summed E-state index contributed by atoms with van der Waals surface area (Å²) in [5.74, 6) is 1.62. The number of hydrogen-bond donors (Lipinski definition) is 0. The zero-order valence-electron chi connectivity index (χ0n) is 7.26. The fourth-order valence-electron chi connectivity index (χ4n) is 1.17. The molecule has 1 aromatic heterocycles. The fraction of sp³-hybridized carbons (Fsp3) is 0.600. The molecular weight excluding hydrogens is 136 g/mol. The van der Waals surface area contributed by atoms with Gasteiger partial charge in [-0.05, 0) is 18.6 Å². The van der Waals surface area contributed by atoms with E-state index in [9.17, 15) is 0 Å². The van der Waals surface area contributed by atoms with Gasteiger partial charge in [-0.2, -0.15) is 0 Å². The van der Waals surface area contributed by atoms with E-state index in [2.05, 4.69) is 20.1 Å². The minimum absolute atomic E-state index is 0.557. The monoisotopic (exact) mass is 151 g/mol. The SMILES string of the molecule is CCCCC(C)c1cc[c]o1. The van der Waals surface area contributed by atoms with Crippen LogP contribution in [0.15, 0.2) is 16.5 Å². The van der Waals surface area contributed by atoms with Gasteiger partial charge in [-0.3, -0.25) is 0 Å². The third-order valence-corrected chi connectivity index (χ3v) is 1.97. The Morgan fingerprint density at radius 1 is 1.64 bits per heavy atom. The van der Waals surface area contributed by atoms with Gasteiger partial charge >= 0.3 is 0 Å². The first-order valence-electron chi connectivity index (χ1n) is 4.30. The third kappa shape index (κ3) is 2.41. The predicted octanol–water partition coefficient (Wildman–Crippen LogP) is 3.37. The smallest absolute Gasteiger partial charge is 0.169 e. The maximum Gasteiger partial charge on any atom is 0.169 e. The lowest BCUT2D eigenvalue weighted by Gasteiger charge is -2.05. The topological polar surface area (TPSA) is 13.1 Å². The molecule has 0 spiro atoms. The van der Waals surface area contributed by atoms with E-state index in [-0.39, 0.29) is 0 Å². The average molecular weight is 151 g/mol. The molecule has 1 aromatic rings. The highest BCUT2D eigenvalue weighted by Crippen LogP contribution is 2.20. The molecule has 0 aliphatic heterocycles. The minimum Gasteiger partial charge on any atom is -0.458 e. The Hall–Kier alpha value is -0.720. The second kappa shape index (κ2) is 4.22. The van der Waals surface area contributed by atoms with Crippen LogP contribution in [0.3, 0.4) is 0 Å². The van der Waals surface area contributed by atoms with Crippen molar-refractivity contribution >= 4 is 0 Å². The van der Waals surface area contributed by atoms with Crippen molar-refractivity contribution in [1.82, 2.24) is 0 Å². The highest BCUT2D eigenvalue weighted by atomic mass is 16.3. The zero-order valence-corrected chi connectivity index (χ0v) is 7.26. The van der Waals surface area contributed by atoms with Crippen molar-refractivity contribution < 1.29 is 4.42 Å². The van der Waals surface area contributed by atoms with Crippen molar-refractivity contribution in [1.29, 1.82) is 0 Å². The van der Waals surface area contributed by atoms with E-state index in [4.69, 9.17) is 4.42 Å². The van der Waals surface area contributed by atoms with Crippen LogP contribution in [0.5, 0.6) is 0 Å². The van der Waals surface area contributed by atoms with Gasteiger partial charge in [0.2, 0.25) is 0 Å². The van der Waals surface area contributed by atoms with E-state index >= 15 is 0 Å². The minimum atomic E-state index is 0.557. The van der Waals surface area contributed by atoms with Gasteiger partial charge in [-0.25, -0.2) is 0 Å². The van der Waals surface area contributed by atoms with Gasteiger partial charge in [-0.1, -0.05) is 26.7 Å². The molecule has 0 saturated heterocycles. The molecule has 0 aromatic carbocycles. The Morgan fingerprint density at radius 3 is 3.00 bits per heavy atom. The Labute approximate surface area is 68.4 Å². The van der Waals surface area contributed by atoms with Crippen LogP contribution in [-0.4, -0.2) is 0 Å². The molecule has 1 heteroatoms. The Morgan fingerprint density at radius 2 is 2.45 bits per heavy atom. The van der Waals surface area contributed by atoms with Gasteiger partial charge in [-0.15, -0.1) is 0 Å². The Bertz CT molecular complexity index is 177. The van der Waals surface area contributed by atoms with Gasteiger partial charge in [0.15, 0.2) is 6.26 Å². The Balaban J connectivity index is 2.36. The lowest BCUT2D eigenvalue weighted by atomic mass is 10.0. The van der Waals surface area contributed by atoms with Gasteiger partial charge in [0.1, 0.15) is 5.76 Å². The second-order valence-electron chi connectivity index (χ2n) is 3.00. The maximum atomic E-state index is 5.17. The van der Waals surface area contributed by atoms with Crippen molar-refractivity contribution in [3.8, 4) is 0 Å². The van der Waals surface area contributed by atoms with E-state index in [1.807, 2.05) is 12.1 Å². The number of hydrogen-bond acceptors (Lipinski definition) is 1. The maximum absolute atomic E-state index is 5.17. The van der Waals surface area contributed by atoms with Crippen molar-refractivity contribution in [2.75, 3.05) is 0 Å². The van der Waals surface area contributed by atoms with E-state index < -0.39 is 0 Å². The van der Waals surface area contributed by atoms with Crippen LogP contribution in [0.4, 0.5) is 0 Å². The standard InChI is InChI=1S/C10H15O/c1-3-4-6-9(2)10-7-5-8-11-10/h5,7,9H,3-4,6H2,1-2H3. The van der Waals surface area contributed by atoms with Crippen molar-refractivity contribution in [2.45, 2.75) is 39.0 Å². The van der Waals surface area contributed by atoms with Crippen LogP contribution in [-0.2, 0) is 0 Å². The van der Waals surface area contributed by atoms with Crippen LogP contribution in [0.25, 0.3) is 0 Å². The molecule has 0 fully saturated rings. The lowest BCUT2D eigenvalue weighted by molar-refractivity contribution is 0.449. The molecular formula is C10H15O. The fourth-order valence-corrected chi connectivity index (χ4v) is 1.17. The van der Waals surface area contributed by atoms with Crippen LogP contribution in [0.1, 0.15) is 44.8 Å². The van der Waals surface area contributed by atoms with Gasteiger partial charge in [0.05, 0.1) is 0 Å². The van der Waals surface area contributed by atoms with Crippen LogP contribution >= 0.6 is 0 Å². The summed E-state index contributed by atoms with van der Waals surface area (Å²) in [6.07, 6.45) is 6.47. The molecule has 0 N–H and O–H groups in total. The number of unbranched alkanes of at least 4 members (excludes halogenated alkanes) is 1. The summed E-state index contributed by atoms with van der Waals surface area (Å²) in [4.78, 5) is 0. The van der Waals surface area contributed by atoms with Gasteiger partial charge in [0.25, 0.3) is 0 Å². The summed E-state index contributed by atoms with van der Waals surface area (Å²) in [6, 6.07) is 3.83. The molecule has 11 heavy (non-hydrogen) atoms. The van der Waals surface area contributed by atoms with E-state index in [0.29, 0.717) is 5.92 Å². The molecule has 61 valence electrons. The summed E-state index contributed by atoms with van der Waals surface area (Å²) >= 11 is 0. The summed E-state index contributed by atoms with van der Waals surface area (Å²) in [5, 5.41) is 0. The molecule has 1 heterocycles. The number of rotatable bonds is 4. The predicted molar refractivity (Wildman–Crippen MR) is 45.5 cm³/mol. The summed E-state index contributed by atoms with van der Waals surface area (Å²) in [6.45, 7) is 4.41. The summed E-state index contributed by atoms with van der Waals surface area (Å²) in [7, 11) is 0. The molecule has 1 unspecified atom stereocenters. The molecule has 1 rings (SSSR count). The van der Waals surface area contributed by atoms with E-state index in [1.54, 1.807) is 0 Å². The second-order valence-corrected chi connectivity index (χ2v) is 3.00. The first kappa shape index (κ1) is 8.38. The van der Waals surface area contributed by atoms with Gasteiger partial charge < -0.3 is 4.42 Å². The molecule has 0 aliphatic carbocycles. The van der Waals surface area contributed by atoms with Crippen LogP contribution < -0.4 is 0 Å². The first-order valence-corrected chi connectivity index (χ1v) is 4.30. The third-order valence-electron chi connectivity index (χ3n) is 1.97. The van der Waals surface area contributed by atoms with E-state index in [0.717, 1.165) is 5.76 Å². The average Bonchev–Trinajstić information content (AvgIpc) is 2.52.